The van der Waals surface area contributed by atoms with Gasteiger partial charge in [-0.05, 0) is 37.0 Å². The number of hydrogen-bond donors (Lipinski definition) is 1. The van der Waals surface area contributed by atoms with E-state index in [0.717, 1.165) is 31.4 Å². The number of carbonyl (C=O) groups excluding carboxylic acids is 3. The summed E-state index contributed by atoms with van der Waals surface area (Å²) in [6.07, 6.45) is 3.68. The molecule has 0 aliphatic carbocycles. The first-order valence-electron chi connectivity index (χ1n) is 8.53. The number of piperidine rings is 1. The lowest BCUT2D eigenvalue weighted by Crippen LogP contribution is -2.47. The molecule has 3 amide bonds. The topological polar surface area (TPSA) is 83.7 Å². The van der Waals surface area contributed by atoms with E-state index in [9.17, 15) is 14.4 Å². The summed E-state index contributed by atoms with van der Waals surface area (Å²) in [7, 11) is 0. The maximum atomic E-state index is 12.7. The zero-order chi connectivity index (χ0) is 17.1. The average Bonchev–Trinajstić information content (AvgIpc) is 2.93. The van der Waals surface area contributed by atoms with Crippen molar-refractivity contribution in [2.45, 2.75) is 44.7 Å². The standard InChI is InChI=1S/C18H23N3O3.ClH/c19-11-15-3-1-2-10-20(15)18(24)14-6-4-13(5-7-14)12-21-16(22)8-9-17(21)23;/h4-7,15H,1-3,8-12,19H2;1H. The number of imide groups is 1. The van der Waals surface area contributed by atoms with E-state index in [0.29, 0.717) is 24.9 Å². The molecule has 136 valence electrons. The second-order valence-electron chi connectivity index (χ2n) is 6.45. The molecular weight excluding hydrogens is 342 g/mol. The van der Waals surface area contributed by atoms with E-state index in [-0.39, 0.29) is 42.7 Å². The van der Waals surface area contributed by atoms with Gasteiger partial charge in [0.15, 0.2) is 0 Å². The van der Waals surface area contributed by atoms with Crippen molar-refractivity contribution in [3.8, 4) is 0 Å². The van der Waals surface area contributed by atoms with Crippen LogP contribution in [0.15, 0.2) is 24.3 Å². The Morgan fingerprint density at radius 3 is 2.32 bits per heavy atom. The quantitative estimate of drug-likeness (QED) is 0.823. The van der Waals surface area contributed by atoms with Gasteiger partial charge in [0, 0.05) is 37.5 Å². The van der Waals surface area contributed by atoms with Crippen molar-refractivity contribution >= 4 is 30.1 Å². The van der Waals surface area contributed by atoms with Gasteiger partial charge in [-0.1, -0.05) is 12.1 Å². The van der Waals surface area contributed by atoms with Crippen LogP contribution in [0.4, 0.5) is 0 Å². The molecule has 2 aliphatic heterocycles. The van der Waals surface area contributed by atoms with Crippen molar-refractivity contribution in [3.05, 3.63) is 35.4 Å². The van der Waals surface area contributed by atoms with E-state index >= 15 is 0 Å². The molecule has 0 spiro atoms. The van der Waals surface area contributed by atoms with Gasteiger partial charge in [0.25, 0.3) is 5.91 Å². The molecule has 1 aromatic rings. The lowest BCUT2D eigenvalue weighted by molar-refractivity contribution is -0.139. The summed E-state index contributed by atoms with van der Waals surface area (Å²) in [4.78, 5) is 39.2. The maximum Gasteiger partial charge on any atom is 0.254 e. The highest BCUT2D eigenvalue weighted by Gasteiger charge is 2.29. The SMILES string of the molecule is Cl.NCC1CCCCN1C(=O)c1ccc(CN2C(=O)CCC2=O)cc1. The fraction of sp³-hybridized carbons (Fsp3) is 0.500. The normalized spacial score (nSPS) is 20.6. The number of halogens is 1. The number of amides is 3. The summed E-state index contributed by atoms with van der Waals surface area (Å²) in [5.41, 5.74) is 7.26. The van der Waals surface area contributed by atoms with Crippen LogP contribution in [0, 0.1) is 0 Å². The van der Waals surface area contributed by atoms with Crippen molar-refractivity contribution in [1.82, 2.24) is 9.80 Å². The molecule has 6 nitrogen and oxygen atoms in total. The molecule has 2 fully saturated rings. The van der Waals surface area contributed by atoms with Gasteiger partial charge in [0.1, 0.15) is 0 Å². The average molecular weight is 366 g/mol. The third-order valence-electron chi connectivity index (χ3n) is 4.86. The van der Waals surface area contributed by atoms with Gasteiger partial charge < -0.3 is 10.6 Å². The van der Waals surface area contributed by atoms with Gasteiger partial charge in [0.05, 0.1) is 6.54 Å². The molecule has 0 saturated carbocycles. The van der Waals surface area contributed by atoms with Crippen molar-refractivity contribution in [1.29, 1.82) is 0 Å². The third-order valence-corrected chi connectivity index (χ3v) is 4.86. The molecule has 1 unspecified atom stereocenters. The van der Waals surface area contributed by atoms with E-state index in [2.05, 4.69) is 0 Å². The van der Waals surface area contributed by atoms with Gasteiger partial charge in [-0.3, -0.25) is 19.3 Å². The monoisotopic (exact) mass is 365 g/mol. The van der Waals surface area contributed by atoms with Gasteiger partial charge in [-0.25, -0.2) is 0 Å². The van der Waals surface area contributed by atoms with Gasteiger partial charge in [0.2, 0.25) is 11.8 Å². The van der Waals surface area contributed by atoms with Crippen LogP contribution in [0.3, 0.4) is 0 Å². The molecule has 0 bridgehead atoms. The van der Waals surface area contributed by atoms with Gasteiger partial charge in [-0.2, -0.15) is 0 Å². The molecule has 3 rings (SSSR count). The Morgan fingerprint density at radius 1 is 1.08 bits per heavy atom. The number of likely N-dealkylation sites (tertiary alicyclic amines) is 2. The highest BCUT2D eigenvalue weighted by molar-refractivity contribution is 6.01. The number of benzene rings is 1. The van der Waals surface area contributed by atoms with E-state index < -0.39 is 0 Å². The van der Waals surface area contributed by atoms with Crippen molar-refractivity contribution in [2.24, 2.45) is 5.73 Å². The Balaban J connectivity index is 0.00000225. The maximum absolute atomic E-state index is 12.7. The predicted molar refractivity (Wildman–Crippen MR) is 96.2 cm³/mol. The summed E-state index contributed by atoms with van der Waals surface area (Å²) in [5, 5.41) is 0. The summed E-state index contributed by atoms with van der Waals surface area (Å²) in [6, 6.07) is 7.28. The lowest BCUT2D eigenvalue weighted by Gasteiger charge is -2.35. The van der Waals surface area contributed by atoms with Crippen LogP contribution in [0.2, 0.25) is 0 Å². The lowest BCUT2D eigenvalue weighted by atomic mass is 10.0. The van der Waals surface area contributed by atoms with Crippen LogP contribution in [0.1, 0.15) is 48.0 Å². The number of carbonyl (C=O) groups is 3. The van der Waals surface area contributed by atoms with Crippen LogP contribution in [-0.2, 0) is 16.1 Å². The highest BCUT2D eigenvalue weighted by Crippen LogP contribution is 2.20. The second-order valence-corrected chi connectivity index (χ2v) is 6.45. The molecule has 25 heavy (non-hydrogen) atoms. The fourth-order valence-corrected chi connectivity index (χ4v) is 3.41. The molecule has 1 aromatic carbocycles. The van der Waals surface area contributed by atoms with E-state index in [1.165, 1.54) is 4.90 Å². The molecule has 0 radical (unpaired) electrons. The Hall–Kier alpha value is -1.92. The highest BCUT2D eigenvalue weighted by atomic mass is 35.5. The van der Waals surface area contributed by atoms with Crippen LogP contribution < -0.4 is 5.73 Å². The third kappa shape index (κ3) is 4.19. The van der Waals surface area contributed by atoms with Crippen LogP contribution in [-0.4, -0.2) is 46.7 Å². The number of nitrogens with zero attached hydrogens (tertiary/aromatic N) is 2. The van der Waals surface area contributed by atoms with Crippen molar-refractivity contribution in [3.63, 3.8) is 0 Å². The first-order valence-corrected chi connectivity index (χ1v) is 8.53. The minimum Gasteiger partial charge on any atom is -0.334 e. The van der Waals surface area contributed by atoms with Gasteiger partial charge >= 0.3 is 0 Å². The summed E-state index contributed by atoms with van der Waals surface area (Å²) >= 11 is 0. The Kier molecular flexibility index (Phi) is 6.56. The number of rotatable bonds is 4. The van der Waals surface area contributed by atoms with E-state index in [1.807, 2.05) is 17.0 Å². The summed E-state index contributed by atoms with van der Waals surface area (Å²) < 4.78 is 0. The fourth-order valence-electron chi connectivity index (χ4n) is 3.41. The molecule has 0 aromatic heterocycles. The zero-order valence-corrected chi connectivity index (χ0v) is 15.0. The summed E-state index contributed by atoms with van der Waals surface area (Å²) in [5.74, 6) is -0.247. The number of hydrogen-bond acceptors (Lipinski definition) is 4. The van der Waals surface area contributed by atoms with E-state index in [1.54, 1.807) is 12.1 Å². The minimum absolute atomic E-state index is 0. The molecular formula is C18H24ClN3O3. The second kappa shape index (κ2) is 8.45. The molecule has 2 saturated heterocycles. The number of nitrogens with two attached hydrogens (primary N) is 1. The minimum atomic E-state index is -0.126. The van der Waals surface area contributed by atoms with Gasteiger partial charge in [-0.15, -0.1) is 12.4 Å². The smallest absolute Gasteiger partial charge is 0.254 e. The zero-order valence-electron chi connectivity index (χ0n) is 14.1. The first-order chi connectivity index (χ1) is 11.6. The van der Waals surface area contributed by atoms with Crippen LogP contribution in [0.25, 0.3) is 0 Å². The Morgan fingerprint density at radius 2 is 1.72 bits per heavy atom. The first kappa shape index (κ1) is 19.4. The molecule has 7 heteroatoms. The Bertz CT molecular complexity index is 631. The van der Waals surface area contributed by atoms with Crippen molar-refractivity contribution in [2.75, 3.05) is 13.1 Å². The van der Waals surface area contributed by atoms with Crippen LogP contribution in [0.5, 0.6) is 0 Å². The van der Waals surface area contributed by atoms with Crippen LogP contribution >= 0.6 is 12.4 Å². The predicted octanol–water partition coefficient (Wildman–Crippen LogP) is 1.71. The molecule has 2 aliphatic rings. The largest absolute Gasteiger partial charge is 0.334 e. The van der Waals surface area contributed by atoms with Crippen molar-refractivity contribution < 1.29 is 14.4 Å². The molecule has 2 N–H and O–H groups in total. The summed E-state index contributed by atoms with van der Waals surface area (Å²) in [6.45, 7) is 1.52. The Labute approximate surface area is 153 Å². The van der Waals surface area contributed by atoms with E-state index in [4.69, 9.17) is 5.73 Å². The molecule has 1 atom stereocenters. The molecule has 2 heterocycles.